The molecule has 2 amide bonds. The van der Waals surface area contributed by atoms with Crippen molar-refractivity contribution >= 4 is 34.1 Å². The molecule has 1 fully saturated rings. The highest BCUT2D eigenvalue weighted by molar-refractivity contribution is 6.26. The van der Waals surface area contributed by atoms with Gasteiger partial charge in [0.25, 0.3) is 5.91 Å². The number of hydrogen-bond acceptors (Lipinski definition) is 4. The molecule has 4 rings (SSSR count). The van der Waals surface area contributed by atoms with Gasteiger partial charge in [0.15, 0.2) is 5.78 Å². The molecule has 3 heterocycles. The molecule has 2 aromatic rings. The average Bonchev–Trinajstić information content (AvgIpc) is 2.77. The number of hydrogen-bond donors (Lipinski definition) is 1. The largest absolute Gasteiger partial charge is 0.347 e. The Labute approximate surface area is 119 Å². The van der Waals surface area contributed by atoms with E-state index in [1.54, 1.807) is 24.5 Å². The van der Waals surface area contributed by atoms with Gasteiger partial charge in [0.1, 0.15) is 6.04 Å². The Bertz CT molecular complexity index is 810. The molecule has 104 valence electrons. The zero-order chi connectivity index (χ0) is 14.6. The number of carbonyl (C=O) groups excluding carboxylic acids is 3. The number of nitrogens with one attached hydrogen (secondary N) is 1. The molecule has 1 saturated heterocycles. The molecule has 0 radical (unpaired) electrons. The first-order valence-electron chi connectivity index (χ1n) is 6.66. The average molecular weight is 281 g/mol. The maximum atomic E-state index is 12.6. The monoisotopic (exact) mass is 281 g/mol. The maximum absolute atomic E-state index is 12.6. The minimum Gasteiger partial charge on any atom is -0.347 e. The van der Waals surface area contributed by atoms with Crippen molar-refractivity contribution < 1.29 is 14.4 Å². The van der Waals surface area contributed by atoms with Gasteiger partial charge in [0.05, 0.1) is 18.4 Å². The first-order valence-corrected chi connectivity index (χ1v) is 6.66. The standard InChI is InChI=1S/C15H11N3O3/c19-9-4-11(14(20)17-6-9)18-12-7-16-5-8-2-1-3-10(13(8)12)15(18)21/h1-3,5,7,11H,4,6H2,(H,17,20). The predicted molar refractivity (Wildman–Crippen MR) is 75.0 cm³/mol. The summed E-state index contributed by atoms with van der Waals surface area (Å²) >= 11 is 0. The van der Waals surface area contributed by atoms with E-state index in [-0.39, 0.29) is 30.6 Å². The number of nitrogens with zero attached hydrogens (tertiary/aromatic N) is 2. The fraction of sp³-hybridized carbons (Fsp3) is 0.200. The van der Waals surface area contributed by atoms with Crippen LogP contribution in [0.5, 0.6) is 0 Å². The smallest absolute Gasteiger partial charge is 0.259 e. The number of piperidine rings is 1. The molecule has 1 aromatic heterocycles. The van der Waals surface area contributed by atoms with E-state index >= 15 is 0 Å². The third-order valence-corrected chi connectivity index (χ3v) is 3.97. The van der Waals surface area contributed by atoms with Crippen molar-refractivity contribution in [2.24, 2.45) is 0 Å². The SMILES string of the molecule is O=C1CNC(=O)C(N2C(=O)c3cccc4cncc2c34)C1. The molecule has 2 aliphatic heterocycles. The van der Waals surface area contributed by atoms with E-state index in [4.69, 9.17) is 0 Å². The highest BCUT2D eigenvalue weighted by Gasteiger charge is 2.41. The first-order chi connectivity index (χ1) is 10.2. The van der Waals surface area contributed by atoms with Crippen molar-refractivity contribution in [1.29, 1.82) is 0 Å². The molecule has 21 heavy (non-hydrogen) atoms. The summed E-state index contributed by atoms with van der Waals surface area (Å²) in [5.74, 6) is -0.630. The van der Waals surface area contributed by atoms with Gasteiger partial charge in [-0.05, 0) is 6.07 Å². The van der Waals surface area contributed by atoms with Crippen LogP contribution in [0.3, 0.4) is 0 Å². The molecule has 1 unspecified atom stereocenters. The predicted octanol–water partition coefficient (Wildman–Crippen LogP) is 0.653. The van der Waals surface area contributed by atoms with E-state index in [2.05, 4.69) is 10.3 Å². The van der Waals surface area contributed by atoms with E-state index in [1.165, 1.54) is 4.90 Å². The molecule has 1 N–H and O–H groups in total. The highest BCUT2D eigenvalue weighted by Crippen LogP contribution is 2.38. The van der Waals surface area contributed by atoms with Gasteiger partial charge in [-0.2, -0.15) is 0 Å². The van der Waals surface area contributed by atoms with Crippen LogP contribution >= 0.6 is 0 Å². The van der Waals surface area contributed by atoms with E-state index in [0.29, 0.717) is 11.3 Å². The number of anilines is 1. The molecule has 1 atom stereocenters. The summed E-state index contributed by atoms with van der Waals surface area (Å²) in [6.45, 7) is 0.0345. The fourth-order valence-electron chi connectivity index (χ4n) is 3.02. The number of pyridine rings is 1. The first kappa shape index (κ1) is 12.0. The Morgan fingerprint density at radius 1 is 1.19 bits per heavy atom. The summed E-state index contributed by atoms with van der Waals surface area (Å²) in [5, 5.41) is 4.18. The number of ketones is 1. The van der Waals surface area contributed by atoms with Crippen LogP contribution in [0.15, 0.2) is 30.6 Å². The minimum absolute atomic E-state index is 0.0345. The van der Waals surface area contributed by atoms with Gasteiger partial charge in [-0.3, -0.25) is 24.3 Å². The van der Waals surface area contributed by atoms with Crippen molar-refractivity contribution in [2.75, 3.05) is 11.4 Å². The Balaban J connectivity index is 1.89. The van der Waals surface area contributed by atoms with Crippen molar-refractivity contribution in [3.05, 3.63) is 36.2 Å². The number of carbonyl (C=O) groups is 3. The number of aromatic nitrogens is 1. The molecule has 1 aromatic carbocycles. The van der Waals surface area contributed by atoms with E-state index in [1.807, 2.05) is 6.07 Å². The van der Waals surface area contributed by atoms with Gasteiger partial charge >= 0.3 is 0 Å². The molecule has 0 saturated carbocycles. The van der Waals surface area contributed by atoms with Crippen molar-refractivity contribution in [1.82, 2.24) is 10.3 Å². The van der Waals surface area contributed by atoms with Gasteiger partial charge in [-0.1, -0.05) is 12.1 Å². The lowest BCUT2D eigenvalue weighted by Gasteiger charge is -2.29. The van der Waals surface area contributed by atoms with Crippen LogP contribution in [0.4, 0.5) is 5.69 Å². The topological polar surface area (TPSA) is 79.4 Å². The number of benzene rings is 1. The number of amides is 2. The van der Waals surface area contributed by atoms with Crippen LogP contribution in [-0.2, 0) is 9.59 Å². The lowest BCUT2D eigenvalue weighted by Crippen LogP contribution is -2.54. The molecular formula is C15H11N3O3. The zero-order valence-electron chi connectivity index (χ0n) is 11.0. The summed E-state index contributed by atoms with van der Waals surface area (Å²) in [6.07, 6.45) is 3.30. The Hall–Kier alpha value is -2.76. The van der Waals surface area contributed by atoms with Crippen molar-refractivity contribution in [2.45, 2.75) is 12.5 Å². The number of rotatable bonds is 1. The van der Waals surface area contributed by atoms with Gasteiger partial charge in [0.2, 0.25) is 5.91 Å². The molecular weight excluding hydrogens is 270 g/mol. The maximum Gasteiger partial charge on any atom is 0.259 e. The lowest BCUT2D eigenvalue weighted by atomic mass is 10.0. The van der Waals surface area contributed by atoms with Crippen LogP contribution in [0.1, 0.15) is 16.8 Å². The molecule has 2 aliphatic rings. The van der Waals surface area contributed by atoms with Crippen LogP contribution < -0.4 is 10.2 Å². The van der Waals surface area contributed by atoms with Crippen LogP contribution in [-0.4, -0.2) is 35.2 Å². The fourth-order valence-corrected chi connectivity index (χ4v) is 3.02. The third kappa shape index (κ3) is 1.59. The molecule has 6 nitrogen and oxygen atoms in total. The summed E-state index contributed by atoms with van der Waals surface area (Å²) < 4.78 is 0. The quantitative estimate of drug-likeness (QED) is 0.832. The van der Waals surface area contributed by atoms with Crippen molar-refractivity contribution in [3.8, 4) is 0 Å². The molecule has 0 bridgehead atoms. The van der Waals surface area contributed by atoms with Crippen LogP contribution in [0.25, 0.3) is 10.8 Å². The number of Topliss-reactive ketones (excluding diaryl/α,β-unsaturated/α-hetero) is 1. The van der Waals surface area contributed by atoms with Crippen LogP contribution in [0, 0.1) is 0 Å². The zero-order valence-corrected chi connectivity index (χ0v) is 11.0. The molecule has 0 aliphatic carbocycles. The van der Waals surface area contributed by atoms with Gasteiger partial charge < -0.3 is 5.32 Å². The molecule has 6 heteroatoms. The van der Waals surface area contributed by atoms with E-state index in [9.17, 15) is 14.4 Å². The lowest BCUT2D eigenvalue weighted by molar-refractivity contribution is -0.131. The summed E-state index contributed by atoms with van der Waals surface area (Å²) in [4.78, 5) is 41.9. The Morgan fingerprint density at radius 2 is 2.05 bits per heavy atom. The highest BCUT2D eigenvalue weighted by atomic mass is 16.2. The third-order valence-electron chi connectivity index (χ3n) is 3.97. The minimum atomic E-state index is -0.793. The Kier molecular flexibility index (Phi) is 2.35. The van der Waals surface area contributed by atoms with E-state index < -0.39 is 6.04 Å². The normalized spacial score (nSPS) is 21.0. The van der Waals surface area contributed by atoms with Gasteiger partial charge in [0, 0.05) is 29.0 Å². The van der Waals surface area contributed by atoms with E-state index in [0.717, 1.165) is 10.8 Å². The van der Waals surface area contributed by atoms with Gasteiger partial charge in [-0.25, -0.2) is 0 Å². The summed E-state index contributed by atoms with van der Waals surface area (Å²) in [7, 11) is 0. The molecule has 0 spiro atoms. The second-order valence-electron chi connectivity index (χ2n) is 5.21. The summed E-state index contributed by atoms with van der Waals surface area (Å²) in [5.41, 5.74) is 1.15. The summed E-state index contributed by atoms with van der Waals surface area (Å²) in [6, 6.07) is 4.60. The van der Waals surface area contributed by atoms with Gasteiger partial charge in [-0.15, -0.1) is 0 Å². The Morgan fingerprint density at radius 3 is 2.90 bits per heavy atom. The second kappa shape index (κ2) is 4.12. The van der Waals surface area contributed by atoms with Crippen LogP contribution in [0.2, 0.25) is 0 Å². The van der Waals surface area contributed by atoms with Crippen molar-refractivity contribution in [3.63, 3.8) is 0 Å². The second-order valence-corrected chi connectivity index (χ2v) is 5.21.